The number of nitrogens with one attached hydrogen (secondary N) is 1. The van der Waals surface area contributed by atoms with E-state index in [1.807, 2.05) is 24.3 Å². The standard InChI is InChI=1S/C18H18N4O2S/c19-17-16(25-18(21-17)20-11-5-1-2-6-11)14-8-4-3-7-13(14)15-9-12(10-23)24-22-15/h3-4,7-11H,1-2,5-6,19H2,(H,20,21). The summed E-state index contributed by atoms with van der Waals surface area (Å²) in [7, 11) is 0. The predicted molar refractivity (Wildman–Crippen MR) is 98.7 cm³/mol. The molecule has 1 aromatic carbocycles. The molecule has 3 aromatic rings. The molecular formula is C18H18N4O2S. The Morgan fingerprint density at radius 2 is 2.00 bits per heavy atom. The first-order valence-corrected chi connectivity index (χ1v) is 9.11. The summed E-state index contributed by atoms with van der Waals surface area (Å²) in [6, 6.07) is 9.89. The molecule has 0 aliphatic heterocycles. The van der Waals surface area contributed by atoms with Gasteiger partial charge in [0, 0.05) is 23.2 Å². The molecule has 1 aliphatic rings. The van der Waals surface area contributed by atoms with Gasteiger partial charge >= 0.3 is 0 Å². The molecule has 0 atom stereocenters. The van der Waals surface area contributed by atoms with Crippen molar-refractivity contribution in [3.05, 3.63) is 36.1 Å². The Labute approximate surface area is 149 Å². The molecule has 2 heterocycles. The lowest BCUT2D eigenvalue weighted by molar-refractivity contribution is 0.109. The second-order valence-electron chi connectivity index (χ2n) is 6.14. The minimum absolute atomic E-state index is 0.200. The smallest absolute Gasteiger partial charge is 0.199 e. The molecule has 0 bridgehead atoms. The molecular weight excluding hydrogens is 336 g/mol. The van der Waals surface area contributed by atoms with Crippen LogP contribution in [0.2, 0.25) is 0 Å². The van der Waals surface area contributed by atoms with Crippen LogP contribution in [0.3, 0.4) is 0 Å². The number of hydrogen-bond donors (Lipinski definition) is 2. The van der Waals surface area contributed by atoms with E-state index < -0.39 is 0 Å². The summed E-state index contributed by atoms with van der Waals surface area (Å²) >= 11 is 1.55. The first kappa shape index (κ1) is 15.8. The molecule has 3 N–H and O–H groups in total. The number of rotatable bonds is 5. The molecule has 1 aliphatic carbocycles. The fourth-order valence-electron chi connectivity index (χ4n) is 3.21. The number of anilines is 2. The van der Waals surface area contributed by atoms with E-state index in [0.29, 0.717) is 23.8 Å². The van der Waals surface area contributed by atoms with Crippen molar-refractivity contribution in [1.82, 2.24) is 10.1 Å². The van der Waals surface area contributed by atoms with Gasteiger partial charge < -0.3 is 15.6 Å². The average molecular weight is 354 g/mol. The van der Waals surface area contributed by atoms with Crippen LogP contribution in [0.25, 0.3) is 21.7 Å². The summed E-state index contributed by atoms with van der Waals surface area (Å²) < 4.78 is 5.01. The number of nitrogens with zero attached hydrogens (tertiary/aromatic N) is 2. The fraction of sp³-hybridized carbons (Fsp3) is 0.278. The number of aromatic nitrogens is 2. The van der Waals surface area contributed by atoms with Gasteiger partial charge in [0.05, 0.1) is 4.88 Å². The van der Waals surface area contributed by atoms with Gasteiger partial charge in [-0.3, -0.25) is 4.79 Å². The van der Waals surface area contributed by atoms with Crippen molar-refractivity contribution in [2.75, 3.05) is 11.1 Å². The van der Waals surface area contributed by atoms with E-state index >= 15 is 0 Å². The third-order valence-electron chi connectivity index (χ3n) is 4.43. The predicted octanol–water partition coefficient (Wildman–Crippen LogP) is 4.21. The highest BCUT2D eigenvalue weighted by atomic mass is 32.1. The van der Waals surface area contributed by atoms with Crippen molar-refractivity contribution < 1.29 is 9.32 Å². The van der Waals surface area contributed by atoms with E-state index in [2.05, 4.69) is 15.5 Å². The fourth-order valence-corrected chi connectivity index (χ4v) is 4.21. The van der Waals surface area contributed by atoms with E-state index in [1.165, 1.54) is 25.7 Å². The van der Waals surface area contributed by atoms with Crippen LogP contribution in [-0.4, -0.2) is 22.5 Å². The van der Waals surface area contributed by atoms with E-state index in [9.17, 15) is 4.79 Å². The monoisotopic (exact) mass is 354 g/mol. The van der Waals surface area contributed by atoms with Crippen LogP contribution in [0.4, 0.5) is 10.9 Å². The van der Waals surface area contributed by atoms with E-state index in [-0.39, 0.29) is 5.76 Å². The summed E-state index contributed by atoms with van der Waals surface area (Å²) in [5, 5.41) is 8.33. The zero-order chi connectivity index (χ0) is 17.2. The van der Waals surface area contributed by atoms with Gasteiger partial charge in [0.1, 0.15) is 11.5 Å². The van der Waals surface area contributed by atoms with Crippen molar-refractivity contribution in [3.63, 3.8) is 0 Å². The molecule has 25 heavy (non-hydrogen) atoms. The highest BCUT2D eigenvalue weighted by Gasteiger charge is 2.20. The van der Waals surface area contributed by atoms with Crippen molar-refractivity contribution >= 4 is 28.6 Å². The number of nitrogen functional groups attached to an aromatic ring is 1. The van der Waals surface area contributed by atoms with Gasteiger partial charge in [-0.25, -0.2) is 4.98 Å². The van der Waals surface area contributed by atoms with Crippen LogP contribution < -0.4 is 11.1 Å². The van der Waals surface area contributed by atoms with Gasteiger partial charge in [-0.1, -0.05) is 53.6 Å². The molecule has 1 saturated carbocycles. The number of thiazole rings is 1. The van der Waals surface area contributed by atoms with Crippen molar-refractivity contribution in [1.29, 1.82) is 0 Å². The molecule has 0 amide bonds. The lowest BCUT2D eigenvalue weighted by atomic mass is 10.0. The lowest BCUT2D eigenvalue weighted by Gasteiger charge is -2.09. The van der Waals surface area contributed by atoms with Gasteiger partial charge in [0.25, 0.3) is 0 Å². The maximum atomic E-state index is 10.9. The second-order valence-corrected chi connectivity index (χ2v) is 7.14. The summed E-state index contributed by atoms with van der Waals surface area (Å²) in [6.07, 6.45) is 5.53. The van der Waals surface area contributed by atoms with Gasteiger partial charge in [0.2, 0.25) is 0 Å². The largest absolute Gasteiger partial charge is 0.382 e. The molecule has 0 spiro atoms. The summed E-state index contributed by atoms with van der Waals surface area (Å²) in [5.74, 6) is 0.697. The quantitative estimate of drug-likeness (QED) is 0.666. The minimum atomic E-state index is 0.200. The van der Waals surface area contributed by atoms with Crippen LogP contribution >= 0.6 is 11.3 Å². The van der Waals surface area contributed by atoms with E-state index in [0.717, 1.165) is 21.1 Å². The Bertz CT molecular complexity index is 896. The molecule has 0 unspecified atom stereocenters. The zero-order valence-electron chi connectivity index (χ0n) is 13.6. The number of benzene rings is 1. The van der Waals surface area contributed by atoms with Crippen molar-refractivity contribution in [2.45, 2.75) is 31.7 Å². The van der Waals surface area contributed by atoms with Crippen molar-refractivity contribution in [3.8, 4) is 21.7 Å². The van der Waals surface area contributed by atoms with Gasteiger partial charge in [0.15, 0.2) is 17.2 Å². The molecule has 7 heteroatoms. The topological polar surface area (TPSA) is 94.0 Å². The second kappa shape index (κ2) is 6.68. The van der Waals surface area contributed by atoms with Gasteiger partial charge in [-0.15, -0.1) is 0 Å². The molecule has 0 radical (unpaired) electrons. The van der Waals surface area contributed by atoms with Crippen LogP contribution in [0.1, 0.15) is 36.2 Å². The third kappa shape index (κ3) is 3.15. The van der Waals surface area contributed by atoms with Crippen LogP contribution in [0.15, 0.2) is 34.9 Å². The van der Waals surface area contributed by atoms with E-state index in [4.69, 9.17) is 10.3 Å². The molecule has 6 nitrogen and oxygen atoms in total. The Hall–Kier alpha value is -2.67. The lowest BCUT2D eigenvalue weighted by Crippen LogP contribution is -2.14. The summed E-state index contributed by atoms with van der Waals surface area (Å²) in [5.41, 5.74) is 8.59. The van der Waals surface area contributed by atoms with Crippen LogP contribution in [0.5, 0.6) is 0 Å². The van der Waals surface area contributed by atoms with Crippen LogP contribution in [-0.2, 0) is 0 Å². The van der Waals surface area contributed by atoms with Crippen LogP contribution in [0, 0.1) is 0 Å². The molecule has 128 valence electrons. The highest BCUT2D eigenvalue weighted by Crippen LogP contribution is 2.40. The van der Waals surface area contributed by atoms with E-state index in [1.54, 1.807) is 17.4 Å². The first-order chi connectivity index (χ1) is 12.2. The SMILES string of the molecule is Nc1nc(NC2CCCC2)sc1-c1ccccc1-c1cc(C=O)on1. The number of carbonyl (C=O) groups excluding carboxylic acids is 1. The molecule has 1 fully saturated rings. The summed E-state index contributed by atoms with van der Waals surface area (Å²) in [6.45, 7) is 0. The molecule has 4 rings (SSSR count). The number of hydrogen-bond acceptors (Lipinski definition) is 7. The number of aldehydes is 1. The summed E-state index contributed by atoms with van der Waals surface area (Å²) in [4.78, 5) is 16.2. The van der Waals surface area contributed by atoms with Gasteiger partial charge in [-0.2, -0.15) is 0 Å². The third-order valence-corrected chi connectivity index (χ3v) is 5.46. The normalized spacial score (nSPS) is 14.7. The molecule has 0 saturated heterocycles. The Kier molecular flexibility index (Phi) is 4.23. The zero-order valence-corrected chi connectivity index (χ0v) is 14.4. The average Bonchev–Trinajstić information content (AvgIpc) is 3.36. The molecule has 2 aromatic heterocycles. The Morgan fingerprint density at radius 3 is 2.72 bits per heavy atom. The van der Waals surface area contributed by atoms with Gasteiger partial charge in [-0.05, 0) is 12.8 Å². The van der Waals surface area contributed by atoms with Crippen molar-refractivity contribution in [2.24, 2.45) is 0 Å². The number of carbonyl (C=O) groups is 1. The maximum Gasteiger partial charge on any atom is 0.199 e. The Morgan fingerprint density at radius 1 is 1.24 bits per heavy atom. The Balaban J connectivity index is 1.70. The first-order valence-electron chi connectivity index (χ1n) is 8.29. The maximum absolute atomic E-state index is 10.9. The number of nitrogens with two attached hydrogens (primary N) is 1. The highest BCUT2D eigenvalue weighted by molar-refractivity contribution is 7.19. The minimum Gasteiger partial charge on any atom is -0.382 e.